The van der Waals surface area contributed by atoms with E-state index in [4.69, 9.17) is 10.5 Å². The fourth-order valence-corrected chi connectivity index (χ4v) is 2.65. The number of methoxy groups -OCH3 is 1. The molecule has 18 heavy (non-hydrogen) atoms. The lowest BCUT2D eigenvalue weighted by Gasteiger charge is -2.07. The van der Waals surface area contributed by atoms with Crippen molar-refractivity contribution in [2.45, 2.75) is 13.8 Å². The van der Waals surface area contributed by atoms with Gasteiger partial charge in [-0.15, -0.1) is 0 Å². The second kappa shape index (κ2) is 4.78. The predicted molar refractivity (Wildman–Crippen MR) is 72.8 cm³/mol. The summed E-state index contributed by atoms with van der Waals surface area (Å²) in [6.07, 6.45) is 0. The normalized spacial score (nSPS) is 10.4. The number of nitrogen functional groups attached to an aromatic ring is 1. The molecule has 1 heterocycles. The summed E-state index contributed by atoms with van der Waals surface area (Å²) in [6, 6.07) is 5.94. The van der Waals surface area contributed by atoms with Gasteiger partial charge < -0.3 is 10.5 Å². The summed E-state index contributed by atoms with van der Waals surface area (Å²) in [5, 5.41) is 0.367. The van der Waals surface area contributed by atoms with Crippen LogP contribution in [0.1, 0.15) is 21.6 Å². The van der Waals surface area contributed by atoms with Gasteiger partial charge in [0.05, 0.1) is 12.0 Å². The molecule has 1 aromatic heterocycles. The number of hydrogen-bond acceptors (Lipinski definition) is 5. The van der Waals surface area contributed by atoms with Gasteiger partial charge in [-0.25, -0.2) is 9.78 Å². The quantitative estimate of drug-likeness (QED) is 0.845. The molecule has 2 aromatic rings. The average molecular weight is 262 g/mol. The standard InChI is InChI=1S/C13H14N2O2S/c1-7-5-4-6-9(8(7)2)11-10(12(16)17-3)15-13(14)18-11/h4-6H,1-3H3,(H2,14,15). The lowest BCUT2D eigenvalue weighted by atomic mass is 10.0. The van der Waals surface area contributed by atoms with Gasteiger partial charge in [0.1, 0.15) is 0 Å². The Morgan fingerprint density at radius 1 is 1.39 bits per heavy atom. The van der Waals surface area contributed by atoms with Crippen molar-refractivity contribution in [3.63, 3.8) is 0 Å². The van der Waals surface area contributed by atoms with Crippen LogP contribution in [0.2, 0.25) is 0 Å². The van der Waals surface area contributed by atoms with E-state index in [1.54, 1.807) is 0 Å². The second-order valence-electron chi connectivity index (χ2n) is 3.97. The minimum Gasteiger partial charge on any atom is -0.464 e. The van der Waals surface area contributed by atoms with Crippen molar-refractivity contribution in [1.29, 1.82) is 0 Å². The third kappa shape index (κ3) is 2.09. The Labute approximate surface area is 109 Å². The van der Waals surface area contributed by atoms with Crippen LogP contribution >= 0.6 is 11.3 Å². The van der Waals surface area contributed by atoms with E-state index in [0.29, 0.717) is 5.13 Å². The van der Waals surface area contributed by atoms with Gasteiger partial charge in [0, 0.05) is 0 Å². The summed E-state index contributed by atoms with van der Waals surface area (Å²) in [5.74, 6) is -0.459. The fourth-order valence-electron chi connectivity index (χ4n) is 1.75. The van der Waals surface area contributed by atoms with Crippen molar-refractivity contribution in [1.82, 2.24) is 4.98 Å². The second-order valence-corrected chi connectivity index (χ2v) is 5.00. The van der Waals surface area contributed by atoms with Crippen molar-refractivity contribution in [2.24, 2.45) is 0 Å². The van der Waals surface area contributed by atoms with Crippen LogP contribution in [-0.2, 0) is 4.74 Å². The molecule has 5 heteroatoms. The van der Waals surface area contributed by atoms with E-state index in [1.807, 2.05) is 32.0 Å². The molecule has 0 radical (unpaired) electrons. The molecule has 2 rings (SSSR count). The maximum Gasteiger partial charge on any atom is 0.358 e. The Balaban J connectivity index is 2.64. The monoisotopic (exact) mass is 262 g/mol. The number of carbonyl (C=O) groups is 1. The number of thiazole rings is 1. The summed E-state index contributed by atoms with van der Waals surface area (Å²) < 4.78 is 4.73. The van der Waals surface area contributed by atoms with Crippen molar-refractivity contribution in [3.05, 3.63) is 35.0 Å². The van der Waals surface area contributed by atoms with Crippen molar-refractivity contribution in [3.8, 4) is 10.4 Å². The van der Waals surface area contributed by atoms with E-state index in [-0.39, 0.29) is 5.69 Å². The van der Waals surface area contributed by atoms with E-state index in [0.717, 1.165) is 21.6 Å². The maximum atomic E-state index is 11.7. The Kier molecular flexibility index (Phi) is 3.34. The van der Waals surface area contributed by atoms with Crippen LogP contribution < -0.4 is 5.73 Å². The first-order chi connectivity index (χ1) is 8.54. The number of carbonyl (C=O) groups excluding carboxylic acids is 1. The van der Waals surface area contributed by atoms with Gasteiger partial charge in [-0.1, -0.05) is 29.5 Å². The number of benzene rings is 1. The fraction of sp³-hybridized carbons (Fsp3) is 0.231. The molecule has 0 saturated heterocycles. The molecule has 0 saturated carbocycles. The zero-order valence-corrected chi connectivity index (χ0v) is 11.3. The highest BCUT2D eigenvalue weighted by molar-refractivity contribution is 7.19. The molecule has 1 aromatic carbocycles. The number of rotatable bonds is 2. The Hall–Kier alpha value is -1.88. The minimum atomic E-state index is -0.459. The zero-order valence-electron chi connectivity index (χ0n) is 10.5. The number of aryl methyl sites for hydroxylation is 1. The Bertz CT molecular complexity index is 605. The Morgan fingerprint density at radius 2 is 2.11 bits per heavy atom. The molecule has 0 spiro atoms. The predicted octanol–water partition coefficient (Wildman–Crippen LogP) is 2.80. The van der Waals surface area contributed by atoms with Crippen LogP contribution in [0.15, 0.2) is 18.2 Å². The van der Waals surface area contributed by atoms with E-state index in [9.17, 15) is 4.79 Å². The lowest BCUT2D eigenvalue weighted by Crippen LogP contribution is -2.04. The first-order valence-electron chi connectivity index (χ1n) is 5.45. The molecule has 0 bridgehead atoms. The number of ether oxygens (including phenoxy) is 1. The molecule has 0 fully saturated rings. The highest BCUT2D eigenvalue weighted by atomic mass is 32.1. The van der Waals surface area contributed by atoms with Crippen LogP contribution in [-0.4, -0.2) is 18.1 Å². The molecule has 0 atom stereocenters. The summed E-state index contributed by atoms with van der Waals surface area (Å²) in [4.78, 5) is 16.5. The first-order valence-corrected chi connectivity index (χ1v) is 6.27. The number of nitrogens with zero attached hydrogens (tertiary/aromatic N) is 1. The maximum absolute atomic E-state index is 11.7. The molecule has 0 amide bonds. The molecular formula is C13H14N2O2S. The smallest absolute Gasteiger partial charge is 0.358 e. The summed E-state index contributed by atoms with van der Waals surface area (Å²) in [5.41, 5.74) is 9.24. The molecule has 4 nitrogen and oxygen atoms in total. The molecule has 0 aliphatic heterocycles. The summed E-state index contributed by atoms with van der Waals surface area (Å²) >= 11 is 1.30. The van der Waals surface area contributed by atoms with Crippen molar-refractivity contribution in [2.75, 3.05) is 12.8 Å². The van der Waals surface area contributed by atoms with E-state index in [2.05, 4.69) is 4.98 Å². The van der Waals surface area contributed by atoms with E-state index < -0.39 is 5.97 Å². The number of nitrogens with two attached hydrogens (primary N) is 1. The molecule has 0 aliphatic carbocycles. The third-order valence-corrected chi connectivity index (χ3v) is 3.79. The van der Waals surface area contributed by atoms with Gasteiger partial charge in [-0.2, -0.15) is 0 Å². The highest BCUT2D eigenvalue weighted by Crippen LogP contribution is 2.35. The zero-order chi connectivity index (χ0) is 13.3. The molecule has 2 N–H and O–H groups in total. The van der Waals surface area contributed by atoms with Gasteiger partial charge >= 0.3 is 5.97 Å². The number of anilines is 1. The van der Waals surface area contributed by atoms with Crippen molar-refractivity contribution >= 4 is 22.4 Å². The van der Waals surface area contributed by atoms with E-state index in [1.165, 1.54) is 18.4 Å². The minimum absolute atomic E-state index is 0.286. The van der Waals surface area contributed by atoms with Gasteiger partial charge in [0.2, 0.25) is 0 Å². The van der Waals surface area contributed by atoms with Gasteiger partial charge in [0.15, 0.2) is 10.8 Å². The number of esters is 1. The van der Waals surface area contributed by atoms with Crippen LogP contribution in [0, 0.1) is 13.8 Å². The number of hydrogen-bond donors (Lipinski definition) is 1. The Morgan fingerprint density at radius 3 is 2.78 bits per heavy atom. The average Bonchev–Trinajstić information content (AvgIpc) is 2.73. The SMILES string of the molecule is COC(=O)c1nc(N)sc1-c1cccc(C)c1C. The van der Waals surface area contributed by atoms with Crippen molar-refractivity contribution < 1.29 is 9.53 Å². The van der Waals surface area contributed by atoms with Crippen LogP contribution in [0.25, 0.3) is 10.4 Å². The molecular weight excluding hydrogens is 248 g/mol. The molecule has 0 aliphatic rings. The van der Waals surface area contributed by atoms with Gasteiger partial charge in [0.25, 0.3) is 0 Å². The van der Waals surface area contributed by atoms with Crippen LogP contribution in [0.4, 0.5) is 5.13 Å². The lowest BCUT2D eigenvalue weighted by molar-refractivity contribution is 0.0596. The highest BCUT2D eigenvalue weighted by Gasteiger charge is 2.20. The van der Waals surface area contributed by atoms with Gasteiger partial charge in [-0.05, 0) is 30.5 Å². The number of aromatic nitrogens is 1. The molecule has 0 unspecified atom stereocenters. The largest absolute Gasteiger partial charge is 0.464 e. The summed E-state index contributed by atoms with van der Waals surface area (Å²) in [7, 11) is 1.34. The topological polar surface area (TPSA) is 65.2 Å². The van der Waals surface area contributed by atoms with Crippen LogP contribution in [0.5, 0.6) is 0 Å². The van der Waals surface area contributed by atoms with Crippen LogP contribution in [0.3, 0.4) is 0 Å². The third-order valence-electron chi connectivity index (χ3n) is 2.87. The van der Waals surface area contributed by atoms with E-state index >= 15 is 0 Å². The summed E-state index contributed by atoms with van der Waals surface area (Å²) in [6.45, 7) is 4.04. The molecule has 94 valence electrons. The van der Waals surface area contributed by atoms with Gasteiger partial charge in [-0.3, -0.25) is 0 Å². The first kappa shape index (κ1) is 12.6.